The molecule has 1 saturated heterocycles. The van der Waals surface area contributed by atoms with E-state index < -0.39 is 11.9 Å². The minimum atomic E-state index is -0.583. The van der Waals surface area contributed by atoms with E-state index in [1.807, 2.05) is 0 Å². The van der Waals surface area contributed by atoms with E-state index >= 15 is 0 Å². The monoisotopic (exact) mass is 334 g/mol. The summed E-state index contributed by atoms with van der Waals surface area (Å²) in [6, 6.07) is 2.54. The Morgan fingerprint density at radius 1 is 1.36 bits per heavy atom. The lowest BCUT2D eigenvalue weighted by Gasteiger charge is -2.15. The molecule has 6 nitrogen and oxygen atoms in total. The Balaban J connectivity index is 0.00000242. The molecule has 22 heavy (non-hydrogen) atoms. The van der Waals surface area contributed by atoms with Gasteiger partial charge < -0.3 is 25.3 Å². The third kappa shape index (κ3) is 4.00. The Hall–Kier alpha value is -1.57. The van der Waals surface area contributed by atoms with Crippen LogP contribution >= 0.6 is 12.4 Å². The van der Waals surface area contributed by atoms with Crippen molar-refractivity contribution in [3.05, 3.63) is 17.9 Å². The predicted molar refractivity (Wildman–Crippen MR) is 82.3 cm³/mol. The van der Waals surface area contributed by atoms with E-state index in [9.17, 15) is 9.18 Å². The number of ether oxygens (including phenoxy) is 3. The Bertz CT molecular complexity index is 530. The molecule has 0 aliphatic carbocycles. The molecule has 2 atom stereocenters. The van der Waals surface area contributed by atoms with Gasteiger partial charge in [-0.05, 0) is 12.8 Å². The molecule has 124 valence electrons. The number of carbonyl (C=O) groups is 1. The number of amides is 1. The standard InChI is InChI=1S/C14H19FN2O4.ClH/c1-19-12-6-13(20-2)10(5-9(12)15)17-14(18)11-4-3-8(7-16)21-11;/h5-6,8,11H,3-4,7,16H2,1-2H3,(H,17,18);1H/t8-,11+;/m1./s1. The Kier molecular flexibility index (Phi) is 6.86. The summed E-state index contributed by atoms with van der Waals surface area (Å²) in [6.07, 6.45) is 0.654. The van der Waals surface area contributed by atoms with Crippen molar-refractivity contribution < 1.29 is 23.4 Å². The minimum absolute atomic E-state index is 0. The predicted octanol–water partition coefficient (Wildman–Crippen LogP) is 1.71. The summed E-state index contributed by atoms with van der Waals surface area (Å²) in [6.45, 7) is 0.379. The molecule has 3 N–H and O–H groups in total. The summed E-state index contributed by atoms with van der Waals surface area (Å²) >= 11 is 0. The molecule has 1 amide bonds. The average Bonchev–Trinajstić information content (AvgIpc) is 2.96. The maximum atomic E-state index is 13.7. The zero-order valence-electron chi connectivity index (χ0n) is 12.4. The number of halogens is 2. The third-order valence-electron chi connectivity index (χ3n) is 3.39. The molecular weight excluding hydrogens is 315 g/mol. The molecule has 0 spiro atoms. The van der Waals surface area contributed by atoms with Gasteiger partial charge in [-0.1, -0.05) is 0 Å². The molecule has 0 aromatic heterocycles. The molecule has 1 aliphatic rings. The first-order valence-corrected chi connectivity index (χ1v) is 6.67. The minimum Gasteiger partial charge on any atom is -0.494 e. The van der Waals surface area contributed by atoms with Gasteiger partial charge in [0.25, 0.3) is 5.91 Å². The van der Waals surface area contributed by atoms with E-state index in [-0.39, 0.29) is 35.9 Å². The highest BCUT2D eigenvalue weighted by Gasteiger charge is 2.30. The van der Waals surface area contributed by atoms with Crippen molar-refractivity contribution in [1.82, 2.24) is 0 Å². The van der Waals surface area contributed by atoms with E-state index in [1.165, 1.54) is 20.3 Å². The normalized spacial score (nSPS) is 20.2. The number of hydrogen-bond donors (Lipinski definition) is 2. The van der Waals surface area contributed by atoms with Gasteiger partial charge in [-0.3, -0.25) is 4.79 Å². The second kappa shape index (κ2) is 8.17. The van der Waals surface area contributed by atoms with E-state index in [4.69, 9.17) is 19.9 Å². The van der Waals surface area contributed by atoms with Crippen molar-refractivity contribution >= 4 is 24.0 Å². The third-order valence-corrected chi connectivity index (χ3v) is 3.39. The summed E-state index contributed by atoms with van der Waals surface area (Å²) in [5.74, 6) is -0.560. The molecule has 1 aliphatic heterocycles. The van der Waals surface area contributed by atoms with Crippen LogP contribution in [0, 0.1) is 5.82 Å². The van der Waals surface area contributed by atoms with Crippen LogP contribution in [-0.4, -0.2) is 38.9 Å². The van der Waals surface area contributed by atoms with Crippen molar-refractivity contribution in [3.63, 3.8) is 0 Å². The van der Waals surface area contributed by atoms with Crippen molar-refractivity contribution in [3.8, 4) is 11.5 Å². The zero-order chi connectivity index (χ0) is 15.4. The van der Waals surface area contributed by atoms with Crippen LogP contribution < -0.4 is 20.5 Å². The van der Waals surface area contributed by atoms with Crippen molar-refractivity contribution in [1.29, 1.82) is 0 Å². The fraction of sp³-hybridized carbons (Fsp3) is 0.500. The second-order valence-electron chi connectivity index (χ2n) is 4.74. The van der Waals surface area contributed by atoms with Crippen LogP contribution in [0.3, 0.4) is 0 Å². The van der Waals surface area contributed by atoms with E-state index in [2.05, 4.69) is 5.32 Å². The first-order chi connectivity index (χ1) is 10.1. The van der Waals surface area contributed by atoms with Gasteiger partial charge >= 0.3 is 0 Å². The Labute approximate surface area is 134 Å². The van der Waals surface area contributed by atoms with Gasteiger partial charge in [0.1, 0.15) is 11.9 Å². The molecule has 2 rings (SSSR count). The van der Waals surface area contributed by atoms with Crippen LogP contribution in [0.25, 0.3) is 0 Å². The van der Waals surface area contributed by atoms with Gasteiger partial charge in [0, 0.05) is 18.7 Å². The van der Waals surface area contributed by atoms with Crippen LogP contribution in [-0.2, 0) is 9.53 Å². The summed E-state index contributed by atoms with van der Waals surface area (Å²) < 4.78 is 29.2. The van der Waals surface area contributed by atoms with Crippen LogP contribution in [0.1, 0.15) is 12.8 Å². The molecule has 0 radical (unpaired) electrons. The summed E-state index contributed by atoms with van der Waals surface area (Å²) in [7, 11) is 2.79. The highest BCUT2D eigenvalue weighted by Crippen LogP contribution is 2.32. The number of methoxy groups -OCH3 is 2. The fourth-order valence-corrected chi connectivity index (χ4v) is 2.24. The lowest BCUT2D eigenvalue weighted by molar-refractivity contribution is -0.126. The first-order valence-electron chi connectivity index (χ1n) is 6.67. The molecule has 0 unspecified atom stereocenters. The number of benzene rings is 1. The number of rotatable bonds is 5. The number of nitrogens with one attached hydrogen (secondary N) is 1. The largest absolute Gasteiger partial charge is 0.494 e. The number of carbonyl (C=O) groups excluding carboxylic acids is 1. The molecule has 1 fully saturated rings. The van der Waals surface area contributed by atoms with Crippen LogP contribution in [0.15, 0.2) is 12.1 Å². The maximum absolute atomic E-state index is 13.7. The van der Waals surface area contributed by atoms with Crippen molar-refractivity contribution in [2.24, 2.45) is 5.73 Å². The molecular formula is C14H20ClFN2O4. The highest BCUT2D eigenvalue weighted by atomic mass is 35.5. The maximum Gasteiger partial charge on any atom is 0.253 e. The van der Waals surface area contributed by atoms with Crippen LogP contribution in [0.4, 0.5) is 10.1 Å². The quantitative estimate of drug-likeness (QED) is 0.856. The molecule has 1 aromatic carbocycles. The first kappa shape index (κ1) is 18.5. The lowest BCUT2D eigenvalue weighted by Crippen LogP contribution is -2.30. The fourth-order valence-electron chi connectivity index (χ4n) is 2.24. The number of anilines is 1. The van der Waals surface area contributed by atoms with Crippen molar-refractivity contribution in [2.75, 3.05) is 26.1 Å². The lowest BCUT2D eigenvalue weighted by atomic mass is 10.2. The second-order valence-corrected chi connectivity index (χ2v) is 4.74. The topological polar surface area (TPSA) is 82.8 Å². The molecule has 0 saturated carbocycles. The van der Waals surface area contributed by atoms with E-state index in [1.54, 1.807) is 0 Å². The van der Waals surface area contributed by atoms with Crippen LogP contribution in [0.5, 0.6) is 11.5 Å². The van der Waals surface area contributed by atoms with Gasteiger partial charge in [-0.15, -0.1) is 12.4 Å². The van der Waals surface area contributed by atoms with Gasteiger partial charge in [0.15, 0.2) is 11.6 Å². The van der Waals surface area contributed by atoms with Gasteiger partial charge in [-0.25, -0.2) is 4.39 Å². The van der Waals surface area contributed by atoms with E-state index in [0.717, 1.165) is 12.5 Å². The highest BCUT2D eigenvalue weighted by molar-refractivity contribution is 5.95. The molecule has 1 heterocycles. The molecule has 0 bridgehead atoms. The van der Waals surface area contributed by atoms with Gasteiger partial charge in [0.2, 0.25) is 0 Å². The summed E-state index contributed by atoms with van der Waals surface area (Å²) in [5.41, 5.74) is 5.74. The number of nitrogens with two attached hydrogens (primary N) is 1. The summed E-state index contributed by atoms with van der Waals surface area (Å²) in [5, 5.41) is 2.61. The van der Waals surface area contributed by atoms with Crippen LogP contribution in [0.2, 0.25) is 0 Å². The smallest absolute Gasteiger partial charge is 0.253 e. The molecule has 8 heteroatoms. The summed E-state index contributed by atoms with van der Waals surface area (Å²) in [4.78, 5) is 12.1. The SMILES string of the molecule is COc1cc(OC)c(NC(=O)[C@@H]2CC[C@H](CN)O2)cc1F.Cl. The number of hydrogen-bond acceptors (Lipinski definition) is 5. The Morgan fingerprint density at radius 3 is 2.59 bits per heavy atom. The zero-order valence-corrected chi connectivity index (χ0v) is 13.2. The van der Waals surface area contributed by atoms with E-state index in [0.29, 0.717) is 18.7 Å². The van der Waals surface area contributed by atoms with Gasteiger partial charge in [0.05, 0.1) is 26.0 Å². The molecule has 1 aromatic rings. The van der Waals surface area contributed by atoms with Crippen molar-refractivity contribution in [2.45, 2.75) is 25.0 Å². The Morgan fingerprint density at radius 2 is 2.05 bits per heavy atom. The average molecular weight is 335 g/mol. The van der Waals surface area contributed by atoms with Gasteiger partial charge in [-0.2, -0.15) is 0 Å².